The van der Waals surface area contributed by atoms with E-state index < -0.39 is 0 Å². The van der Waals surface area contributed by atoms with Crippen LogP contribution in [0.25, 0.3) is 11.0 Å². The van der Waals surface area contributed by atoms with Crippen molar-refractivity contribution in [3.63, 3.8) is 0 Å². The van der Waals surface area contributed by atoms with Crippen molar-refractivity contribution >= 4 is 28.5 Å². The number of aromatic nitrogens is 3. The van der Waals surface area contributed by atoms with Gasteiger partial charge in [-0.25, -0.2) is 4.98 Å². The summed E-state index contributed by atoms with van der Waals surface area (Å²) in [6.45, 7) is 4.17. The van der Waals surface area contributed by atoms with Crippen LogP contribution in [-0.4, -0.2) is 58.1 Å². The van der Waals surface area contributed by atoms with E-state index in [1.807, 2.05) is 48.0 Å². The minimum Gasteiger partial charge on any atom is -0.457 e. The largest absolute Gasteiger partial charge is 0.457 e. The molecule has 5 rings (SSSR count). The topological polar surface area (TPSA) is 81.5 Å². The molecule has 0 unspecified atom stereocenters. The van der Waals surface area contributed by atoms with Crippen molar-refractivity contribution in [2.45, 2.75) is 25.9 Å². The second kappa shape index (κ2) is 10.5. The first kappa shape index (κ1) is 24.0. The SMILES string of the molecule is CCc1cccc(Nc2nc3cc(Oc4ccnc(CC(=O)CN5CC(OC)C5)c4)ccc3n2C)c1. The van der Waals surface area contributed by atoms with E-state index in [0.29, 0.717) is 23.7 Å². The Kier molecular flexibility index (Phi) is 6.97. The molecule has 8 nitrogen and oxygen atoms in total. The lowest BCUT2D eigenvalue weighted by molar-refractivity contribution is -0.123. The highest BCUT2D eigenvalue weighted by molar-refractivity contribution is 5.83. The van der Waals surface area contributed by atoms with Gasteiger partial charge >= 0.3 is 0 Å². The molecule has 2 aromatic heterocycles. The summed E-state index contributed by atoms with van der Waals surface area (Å²) in [7, 11) is 3.69. The van der Waals surface area contributed by atoms with Gasteiger partial charge in [-0.1, -0.05) is 19.1 Å². The van der Waals surface area contributed by atoms with Crippen LogP contribution in [0.15, 0.2) is 60.8 Å². The number of nitrogens with zero attached hydrogens (tertiary/aromatic N) is 4. The van der Waals surface area contributed by atoms with E-state index >= 15 is 0 Å². The molecule has 186 valence electrons. The number of methoxy groups -OCH3 is 1. The van der Waals surface area contributed by atoms with E-state index in [1.54, 1.807) is 19.4 Å². The van der Waals surface area contributed by atoms with E-state index in [9.17, 15) is 4.79 Å². The Hall–Kier alpha value is -3.75. The zero-order valence-electron chi connectivity index (χ0n) is 20.9. The van der Waals surface area contributed by atoms with E-state index in [2.05, 4.69) is 34.3 Å². The van der Waals surface area contributed by atoms with Crippen LogP contribution in [-0.2, 0) is 29.4 Å². The highest BCUT2D eigenvalue weighted by Gasteiger charge is 2.27. The van der Waals surface area contributed by atoms with Crippen molar-refractivity contribution < 1.29 is 14.3 Å². The highest BCUT2D eigenvalue weighted by atomic mass is 16.5. The number of hydrogen-bond donors (Lipinski definition) is 1. The number of carbonyl (C=O) groups excluding carboxylic acids is 1. The first-order valence-corrected chi connectivity index (χ1v) is 12.2. The minimum absolute atomic E-state index is 0.133. The summed E-state index contributed by atoms with van der Waals surface area (Å²) < 4.78 is 13.4. The number of anilines is 2. The van der Waals surface area contributed by atoms with Crippen LogP contribution in [0, 0.1) is 0 Å². The standard InChI is InChI=1S/C28H31N5O3/c1-4-19-6-5-7-20(12-19)30-28-31-26-15-23(8-9-27(26)32(28)2)36-24-10-11-29-21(14-24)13-22(34)16-33-17-25(18-33)35-3/h5-12,14-15,25H,4,13,16-18H2,1-3H3,(H,30,31). The van der Waals surface area contributed by atoms with Crippen molar-refractivity contribution in [2.75, 3.05) is 32.1 Å². The Bertz CT molecular complexity index is 1380. The van der Waals surface area contributed by atoms with E-state index in [1.165, 1.54) is 5.56 Å². The predicted octanol–water partition coefficient (Wildman–Crippen LogP) is 4.51. The van der Waals surface area contributed by atoms with Gasteiger partial charge < -0.3 is 19.4 Å². The molecule has 1 saturated heterocycles. The second-order valence-corrected chi connectivity index (χ2v) is 9.18. The molecule has 0 spiro atoms. The van der Waals surface area contributed by atoms with Gasteiger partial charge in [0.25, 0.3) is 0 Å². The predicted molar refractivity (Wildman–Crippen MR) is 140 cm³/mol. The van der Waals surface area contributed by atoms with Crippen molar-refractivity contribution in [3.8, 4) is 11.5 Å². The minimum atomic E-state index is 0.133. The van der Waals surface area contributed by atoms with Crippen molar-refractivity contribution in [1.82, 2.24) is 19.4 Å². The summed E-state index contributed by atoms with van der Waals surface area (Å²) in [5, 5.41) is 3.42. The fourth-order valence-electron chi connectivity index (χ4n) is 4.41. The van der Waals surface area contributed by atoms with E-state index in [4.69, 9.17) is 14.5 Å². The number of benzene rings is 2. The number of fused-ring (bicyclic) bond motifs is 1. The number of imidazole rings is 1. The molecule has 1 aliphatic rings. The molecule has 0 bridgehead atoms. The summed E-state index contributed by atoms with van der Waals surface area (Å²) in [6.07, 6.45) is 3.17. The monoisotopic (exact) mass is 485 g/mol. The number of Topliss-reactive ketones (excluding diaryl/α,β-unsaturated/α-hetero) is 1. The molecule has 3 heterocycles. The van der Waals surface area contributed by atoms with Gasteiger partial charge in [0.05, 0.1) is 35.8 Å². The Morgan fingerprint density at radius 1 is 1.11 bits per heavy atom. The molecule has 0 atom stereocenters. The maximum absolute atomic E-state index is 12.4. The molecule has 0 aliphatic carbocycles. The molecule has 0 radical (unpaired) electrons. The quantitative estimate of drug-likeness (QED) is 0.354. The third kappa shape index (κ3) is 5.40. The third-order valence-corrected chi connectivity index (χ3v) is 6.50. The highest BCUT2D eigenvalue weighted by Crippen LogP contribution is 2.28. The first-order chi connectivity index (χ1) is 17.5. The second-order valence-electron chi connectivity index (χ2n) is 9.18. The molecule has 0 saturated carbocycles. The number of hydrogen-bond acceptors (Lipinski definition) is 7. The van der Waals surface area contributed by atoms with Gasteiger partial charge in [-0.05, 0) is 42.3 Å². The van der Waals surface area contributed by atoms with Gasteiger partial charge in [0.1, 0.15) is 11.5 Å². The number of aryl methyl sites for hydroxylation is 2. The number of ether oxygens (including phenoxy) is 2. The fraction of sp³-hybridized carbons (Fsp3) is 0.321. The molecule has 2 aromatic carbocycles. The van der Waals surface area contributed by atoms with Crippen LogP contribution in [0.5, 0.6) is 11.5 Å². The molecular weight excluding hydrogens is 454 g/mol. The molecule has 0 amide bonds. The Morgan fingerprint density at radius 2 is 1.94 bits per heavy atom. The maximum atomic E-state index is 12.4. The third-order valence-electron chi connectivity index (χ3n) is 6.50. The normalized spacial score (nSPS) is 14.1. The molecule has 4 aromatic rings. The smallest absolute Gasteiger partial charge is 0.208 e. The van der Waals surface area contributed by atoms with Crippen LogP contribution in [0.4, 0.5) is 11.6 Å². The lowest BCUT2D eigenvalue weighted by Gasteiger charge is -2.37. The van der Waals surface area contributed by atoms with Gasteiger partial charge in [0, 0.05) is 51.3 Å². The van der Waals surface area contributed by atoms with Gasteiger partial charge in [-0.3, -0.25) is 14.7 Å². The number of ketones is 1. The number of rotatable bonds is 10. The zero-order valence-corrected chi connectivity index (χ0v) is 20.9. The molecule has 1 aliphatic heterocycles. The average Bonchev–Trinajstić information content (AvgIpc) is 3.15. The molecule has 8 heteroatoms. The van der Waals surface area contributed by atoms with Crippen molar-refractivity contribution in [1.29, 1.82) is 0 Å². The van der Waals surface area contributed by atoms with Crippen LogP contribution in [0.3, 0.4) is 0 Å². The number of carbonyl (C=O) groups is 1. The number of nitrogens with one attached hydrogen (secondary N) is 1. The number of likely N-dealkylation sites (tertiary alicyclic amines) is 1. The van der Waals surface area contributed by atoms with Crippen molar-refractivity contribution in [3.05, 3.63) is 72.1 Å². The van der Waals surface area contributed by atoms with Crippen LogP contribution < -0.4 is 10.1 Å². The van der Waals surface area contributed by atoms with Gasteiger partial charge in [0.15, 0.2) is 5.78 Å². The molecular formula is C28H31N5O3. The Labute approximate surface area is 210 Å². The van der Waals surface area contributed by atoms with E-state index in [0.717, 1.165) is 42.2 Å². The van der Waals surface area contributed by atoms with Crippen molar-refractivity contribution in [2.24, 2.45) is 7.05 Å². The maximum Gasteiger partial charge on any atom is 0.208 e. The van der Waals surface area contributed by atoms with Crippen LogP contribution >= 0.6 is 0 Å². The summed E-state index contributed by atoms with van der Waals surface area (Å²) in [4.78, 5) is 23.7. The van der Waals surface area contributed by atoms with Gasteiger partial charge in [0.2, 0.25) is 5.95 Å². The number of pyridine rings is 1. The Balaban J connectivity index is 1.26. The average molecular weight is 486 g/mol. The first-order valence-electron chi connectivity index (χ1n) is 12.2. The lowest BCUT2D eigenvalue weighted by atomic mass is 10.1. The van der Waals surface area contributed by atoms with Gasteiger partial charge in [-0.2, -0.15) is 0 Å². The zero-order chi connectivity index (χ0) is 25.1. The lowest BCUT2D eigenvalue weighted by Crippen LogP contribution is -2.53. The summed E-state index contributed by atoms with van der Waals surface area (Å²) in [6, 6.07) is 17.8. The Morgan fingerprint density at radius 3 is 2.75 bits per heavy atom. The van der Waals surface area contributed by atoms with Crippen LogP contribution in [0.1, 0.15) is 18.2 Å². The molecule has 1 fully saturated rings. The summed E-state index contributed by atoms with van der Waals surface area (Å²) >= 11 is 0. The van der Waals surface area contributed by atoms with Gasteiger partial charge in [-0.15, -0.1) is 0 Å². The van der Waals surface area contributed by atoms with Crippen LogP contribution in [0.2, 0.25) is 0 Å². The summed E-state index contributed by atoms with van der Waals surface area (Å²) in [5.41, 5.74) is 4.81. The molecule has 1 N–H and O–H groups in total. The fourth-order valence-corrected chi connectivity index (χ4v) is 4.41. The van der Waals surface area contributed by atoms with E-state index in [-0.39, 0.29) is 18.3 Å². The molecule has 36 heavy (non-hydrogen) atoms. The summed E-state index contributed by atoms with van der Waals surface area (Å²) in [5.74, 6) is 2.21.